The van der Waals surface area contributed by atoms with Crippen molar-refractivity contribution in [2.24, 2.45) is 5.41 Å². The number of esters is 1. The summed E-state index contributed by atoms with van der Waals surface area (Å²) in [6.07, 6.45) is 2.74. The van der Waals surface area contributed by atoms with E-state index in [9.17, 15) is 4.79 Å². The lowest BCUT2D eigenvalue weighted by Gasteiger charge is -2.34. The van der Waals surface area contributed by atoms with Gasteiger partial charge in [0.25, 0.3) is 0 Å². The van der Waals surface area contributed by atoms with Gasteiger partial charge in [-0.05, 0) is 25.8 Å². The highest BCUT2D eigenvalue weighted by atomic mass is 16.6. The van der Waals surface area contributed by atoms with Crippen LogP contribution in [0.4, 0.5) is 0 Å². The summed E-state index contributed by atoms with van der Waals surface area (Å²) >= 11 is 0. The van der Waals surface area contributed by atoms with Crippen LogP contribution >= 0.6 is 0 Å². The van der Waals surface area contributed by atoms with E-state index in [-0.39, 0.29) is 11.4 Å². The predicted molar refractivity (Wildman–Crippen MR) is 79.3 cm³/mol. The van der Waals surface area contributed by atoms with Crippen LogP contribution in [0.5, 0.6) is 0 Å². The molecule has 6 heteroatoms. The molecule has 1 rings (SSSR count). The van der Waals surface area contributed by atoms with Gasteiger partial charge in [0.15, 0.2) is 0 Å². The second-order valence-corrected chi connectivity index (χ2v) is 5.27. The number of piperidine rings is 1. The van der Waals surface area contributed by atoms with Crippen LogP contribution in [0.25, 0.3) is 0 Å². The quantitative estimate of drug-likeness (QED) is 0.453. The Morgan fingerprint density at radius 1 is 1.10 bits per heavy atom. The minimum Gasteiger partial charge on any atom is -0.463 e. The summed E-state index contributed by atoms with van der Waals surface area (Å²) in [4.78, 5) is 12.2. The number of hydrogen-bond donors (Lipinski definition) is 1. The molecular weight excluding hydrogens is 274 g/mol. The fourth-order valence-electron chi connectivity index (χ4n) is 2.40. The van der Waals surface area contributed by atoms with Gasteiger partial charge < -0.3 is 24.3 Å². The molecular formula is C15H29NO5. The van der Waals surface area contributed by atoms with E-state index in [0.29, 0.717) is 39.6 Å². The Morgan fingerprint density at radius 3 is 2.33 bits per heavy atom. The maximum Gasteiger partial charge on any atom is 0.313 e. The first kappa shape index (κ1) is 18.4. The highest BCUT2D eigenvalue weighted by molar-refractivity contribution is 5.77. The van der Waals surface area contributed by atoms with Gasteiger partial charge in [-0.2, -0.15) is 0 Å². The minimum absolute atomic E-state index is 0.0999. The number of hydrogen-bond acceptors (Lipinski definition) is 6. The van der Waals surface area contributed by atoms with E-state index in [1.165, 1.54) is 0 Å². The molecule has 0 aromatic rings. The summed E-state index contributed by atoms with van der Waals surface area (Å²) in [7, 11) is 1.64. The molecule has 0 bridgehead atoms. The second-order valence-electron chi connectivity index (χ2n) is 5.27. The normalized spacial score (nSPS) is 22.2. The molecule has 1 aliphatic rings. The molecule has 21 heavy (non-hydrogen) atoms. The molecule has 1 atom stereocenters. The van der Waals surface area contributed by atoms with Gasteiger partial charge in [0, 0.05) is 13.7 Å². The van der Waals surface area contributed by atoms with E-state index in [0.717, 1.165) is 32.4 Å². The summed E-state index contributed by atoms with van der Waals surface area (Å²) in [6.45, 7) is 6.65. The maximum absolute atomic E-state index is 12.2. The predicted octanol–water partition coefficient (Wildman–Crippen LogP) is 0.989. The fourth-order valence-corrected chi connectivity index (χ4v) is 2.40. The molecule has 0 aromatic heterocycles. The van der Waals surface area contributed by atoms with E-state index in [1.54, 1.807) is 7.11 Å². The molecule has 1 fully saturated rings. The van der Waals surface area contributed by atoms with Crippen LogP contribution in [-0.2, 0) is 23.7 Å². The molecule has 6 nitrogen and oxygen atoms in total. The van der Waals surface area contributed by atoms with Crippen LogP contribution in [0.2, 0.25) is 0 Å². The topological polar surface area (TPSA) is 66.0 Å². The summed E-state index contributed by atoms with van der Waals surface area (Å²) < 4.78 is 20.8. The highest BCUT2D eigenvalue weighted by Crippen LogP contribution is 2.31. The van der Waals surface area contributed by atoms with Gasteiger partial charge in [-0.1, -0.05) is 6.92 Å². The summed E-state index contributed by atoms with van der Waals surface area (Å²) in [6, 6.07) is 0. The molecule has 0 aliphatic carbocycles. The van der Waals surface area contributed by atoms with Crippen molar-refractivity contribution in [3.8, 4) is 0 Å². The van der Waals surface area contributed by atoms with Crippen molar-refractivity contribution in [2.75, 3.05) is 59.8 Å². The van der Waals surface area contributed by atoms with Crippen molar-refractivity contribution < 1.29 is 23.7 Å². The molecule has 0 saturated carbocycles. The lowest BCUT2D eigenvalue weighted by atomic mass is 9.78. The third-order valence-corrected chi connectivity index (χ3v) is 3.85. The molecule has 0 radical (unpaired) electrons. The summed E-state index contributed by atoms with van der Waals surface area (Å²) in [5.74, 6) is -0.0999. The van der Waals surface area contributed by atoms with Gasteiger partial charge >= 0.3 is 5.97 Å². The number of methoxy groups -OCH3 is 1. The molecule has 1 saturated heterocycles. The summed E-state index contributed by atoms with van der Waals surface area (Å²) in [5, 5.41) is 3.28. The van der Waals surface area contributed by atoms with E-state index < -0.39 is 0 Å². The van der Waals surface area contributed by atoms with Crippen molar-refractivity contribution in [2.45, 2.75) is 26.2 Å². The van der Waals surface area contributed by atoms with Crippen molar-refractivity contribution in [1.29, 1.82) is 0 Å². The van der Waals surface area contributed by atoms with Crippen LogP contribution in [0.3, 0.4) is 0 Å². The monoisotopic (exact) mass is 303 g/mol. The van der Waals surface area contributed by atoms with Crippen LogP contribution in [0.1, 0.15) is 26.2 Å². The molecule has 124 valence electrons. The molecule has 0 spiro atoms. The van der Waals surface area contributed by atoms with Gasteiger partial charge in [-0.3, -0.25) is 4.79 Å². The molecule has 0 amide bonds. The third kappa shape index (κ3) is 6.74. The number of nitrogens with one attached hydrogen (secondary N) is 1. The lowest BCUT2D eigenvalue weighted by Crippen LogP contribution is -2.46. The molecule has 1 heterocycles. The van der Waals surface area contributed by atoms with Crippen LogP contribution in [0.15, 0.2) is 0 Å². The maximum atomic E-state index is 12.2. The molecule has 0 aromatic carbocycles. The van der Waals surface area contributed by atoms with Crippen molar-refractivity contribution >= 4 is 5.97 Å². The summed E-state index contributed by atoms with van der Waals surface area (Å²) in [5.41, 5.74) is -0.346. The Labute approximate surface area is 127 Å². The lowest BCUT2D eigenvalue weighted by molar-refractivity contribution is -0.159. The van der Waals surface area contributed by atoms with Gasteiger partial charge in [0.05, 0.1) is 38.4 Å². The van der Waals surface area contributed by atoms with Gasteiger partial charge in [0.2, 0.25) is 0 Å². The number of ether oxygens (including phenoxy) is 4. The first-order valence-electron chi connectivity index (χ1n) is 7.77. The van der Waals surface area contributed by atoms with E-state index in [1.807, 2.05) is 6.92 Å². The van der Waals surface area contributed by atoms with Crippen LogP contribution in [0, 0.1) is 5.41 Å². The first-order chi connectivity index (χ1) is 10.2. The Hall–Kier alpha value is -0.690. The number of carbonyl (C=O) groups is 1. The van der Waals surface area contributed by atoms with Crippen molar-refractivity contribution in [3.05, 3.63) is 0 Å². The van der Waals surface area contributed by atoms with Crippen LogP contribution < -0.4 is 5.32 Å². The largest absolute Gasteiger partial charge is 0.463 e. The SMILES string of the molecule is CCC1(C(=O)OCCOCCOCCOC)CCCNC1. The van der Waals surface area contributed by atoms with E-state index >= 15 is 0 Å². The van der Waals surface area contributed by atoms with Gasteiger partial charge in [-0.25, -0.2) is 0 Å². The first-order valence-corrected chi connectivity index (χ1v) is 7.77. The van der Waals surface area contributed by atoms with E-state index in [2.05, 4.69) is 5.32 Å². The average Bonchev–Trinajstić information content (AvgIpc) is 2.53. The molecule has 1 aliphatic heterocycles. The molecule has 1 N–H and O–H groups in total. The third-order valence-electron chi connectivity index (χ3n) is 3.85. The Kier molecular flexibility index (Phi) is 9.58. The fraction of sp³-hybridized carbons (Fsp3) is 0.933. The minimum atomic E-state index is -0.346. The van der Waals surface area contributed by atoms with Crippen molar-refractivity contribution in [1.82, 2.24) is 5.32 Å². The van der Waals surface area contributed by atoms with Crippen molar-refractivity contribution in [3.63, 3.8) is 0 Å². The standard InChI is InChI=1S/C15H29NO5/c1-3-15(5-4-6-16-13-15)14(17)21-12-11-20-10-9-19-8-7-18-2/h16H,3-13H2,1-2H3. The second kappa shape index (κ2) is 11.0. The van der Waals surface area contributed by atoms with Gasteiger partial charge in [0.1, 0.15) is 6.61 Å². The number of rotatable bonds is 11. The zero-order valence-electron chi connectivity index (χ0n) is 13.3. The Bertz CT molecular complexity index is 279. The van der Waals surface area contributed by atoms with E-state index in [4.69, 9.17) is 18.9 Å². The zero-order chi connectivity index (χ0) is 15.4. The highest BCUT2D eigenvalue weighted by Gasteiger charge is 2.39. The number of carbonyl (C=O) groups excluding carboxylic acids is 1. The Morgan fingerprint density at radius 2 is 1.76 bits per heavy atom. The zero-order valence-corrected chi connectivity index (χ0v) is 13.3. The molecule has 1 unspecified atom stereocenters. The smallest absolute Gasteiger partial charge is 0.313 e. The average molecular weight is 303 g/mol. The van der Waals surface area contributed by atoms with Gasteiger partial charge in [-0.15, -0.1) is 0 Å². The van der Waals surface area contributed by atoms with Crippen LogP contribution in [-0.4, -0.2) is 65.8 Å². The Balaban J connectivity index is 2.05.